The molecule has 21 heavy (non-hydrogen) atoms. The van der Waals surface area contributed by atoms with E-state index in [9.17, 15) is 13.2 Å². The number of rotatable bonds is 4. The first-order chi connectivity index (χ1) is 9.88. The normalized spacial score (nSPS) is 21.4. The van der Waals surface area contributed by atoms with Crippen LogP contribution in [0.4, 0.5) is 0 Å². The number of hydrogen-bond donors (Lipinski definition) is 2. The van der Waals surface area contributed by atoms with Crippen LogP contribution in [0.2, 0.25) is 0 Å². The van der Waals surface area contributed by atoms with Crippen LogP contribution in [0.25, 0.3) is 0 Å². The minimum atomic E-state index is -3.17. The summed E-state index contributed by atoms with van der Waals surface area (Å²) in [5.74, 6) is 0.0482. The molecule has 1 aromatic carbocycles. The molecule has 1 saturated heterocycles. The molecule has 1 aliphatic heterocycles. The van der Waals surface area contributed by atoms with Crippen molar-refractivity contribution in [3.05, 3.63) is 29.8 Å². The Morgan fingerprint density at radius 3 is 2.52 bits per heavy atom. The summed E-state index contributed by atoms with van der Waals surface area (Å²) in [6.07, 6.45) is 4.06. The Balaban J connectivity index is 2.05. The van der Waals surface area contributed by atoms with E-state index in [0.717, 1.165) is 31.4 Å². The molecule has 0 bridgehead atoms. The summed E-state index contributed by atoms with van der Waals surface area (Å²) in [6, 6.07) is 6.61. The highest BCUT2D eigenvalue weighted by Crippen LogP contribution is 2.18. The second-order valence-electron chi connectivity index (χ2n) is 5.57. The van der Waals surface area contributed by atoms with Crippen LogP contribution in [0, 0.1) is 0 Å². The van der Waals surface area contributed by atoms with Gasteiger partial charge in [-0.3, -0.25) is 10.1 Å². The highest BCUT2D eigenvalue weighted by atomic mass is 32.2. The van der Waals surface area contributed by atoms with Gasteiger partial charge >= 0.3 is 0 Å². The number of amides is 1. The zero-order valence-electron chi connectivity index (χ0n) is 12.4. The standard InChI is InChI=1S/C15H22N2O3S/c1-11(17-14-5-3-4-10-16-15(14)18)12-6-8-13(9-7-12)21(2,19)20/h6-9,11,14,17H,3-5,10H2,1-2H3,(H,16,18). The van der Waals surface area contributed by atoms with E-state index >= 15 is 0 Å². The first-order valence-corrected chi connectivity index (χ1v) is 9.11. The van der Waals surface area contributed by atoms with E-state index in [4.69, 9.17) is 0 Å². The van der Waals surface area contributed by atoms with Crippen molar-refractivity contribution in [3.63, 3.8) is 0 Å². The molecule has 2 rings (SSSR count). The van der Waals surface area contributed by atoms with Gasteiger partial charge in [0.05, 0.1) is 10.9 Å². The summed E-state index contributed by atoms with van der Waals surface area (Å²) in [5.41, 5.74) is 0.972. The predicted molar refractivity (Wildman–Crippen MR) is 81.8 cm³/mol. The average Bonchev–Trinajstić information content (AvgIpc) is 2.63. The lowest BCUT2D eigenvalue weighted by molar-refractivity contribution is -0.123. The summed E-state index contributed by atoms with van der Waals surface area (Å²) < 4.78 is 22.9. The van der Waals surface area contributed by atoms with Crippen molar-refractivity contribution >= 4 is 15.7 Å². The first-order valence-electron chi connectivity index (χ1n) is 7.22. The monoisotopic (exact) mass is 310 g/mol. The minimum Gasteiger partial charge on any atom is -0.355 e. The fourth-order valence-electron chi connectivity index (χ4n) is 2.50. The van der Waals surface area contributed by atoms with Crippen molar-refractivity contribution in [1.82, 2.24) is 10.6 Å². The van der Waals surface area contributed by atoms with Crippen molar-refractivity contribution < 1.29 is 13.2 Å². The second-order valence-corrected chi connectivity index (χ2v) is 7.58. The lowest BCUT2D eigenvalue weighted by Crippen LogP contribution is -2.43. The molecule has 1 aromatic rings. The summed E-state index contributed by atoms with van der Waals surface area (Å²) in [5, 5.41) is 6.22. The van der Waals surface area contributed by atoms with Crippen molar-refractivity contribution in [1.29, 1.82) is 0 Å². The zero-order chi connectivity index (χ0) is 15.5. The van der Waals surface area contributed by atoms with E-state index in [1.54, 1.807) is 24.3 Å². The summed E-state index contributed by atoms with van der Waals surface area (Å²) in [7, 11) is -3.17. The maximum atomic E-state index is 11.9. The number of sulfone groups is 1. The van der Waals surface area contributed by atoms with Crippen molar-refractivity contribution in [2.45, 2.75) is 43.2 Å². The summed E-state index contributed by atoms with van der Waals surface area (Å²) in [4.78, 5) is 12.2. The number of benzene rings is 1. The van der Waals surface area contributed by atoms with Crippen LogP contribution in [0.3, 0.4) is 0 Å². The molecule has 5 nitrogen and oxygen atoms in total. The van der Waals surface area contributed by atoms with E-state index in [0.29, 0.717) is 4.90 Å². The van der Waals surface area contributed by atoms with Crippen molar-refractivity contribution in [3.8, 4) is 0 Å². The largest absolute Gasteiger partial charge is 0.355 e. The third kappa shape index (κ3) is 4.28. The zero-order valence-corrected chi connectivity index (χ0v) is 13.2. The number of carbonyl (C=O) groups excluding carboxylic acids is 1. The molecule has 1 heterocycles. The van der Waals surface area contributed by atoms with Crippen molar-refractivity contribution in [2.24, 2.45) is 0 Å². The lowest BCUT2D eigenvalue weighted by atomic mass is 10.1. The molecule has 1 aliphatic rings. The molecular formula is C15H22N2O3S. The molecule has 0 spiro atoms. The lowest BCUT2D eigenvalue weighted by Gasteiger charge is -2.21. The molecule has 2 atom stereocenters. The second kappa shape index (κ2) is 6.58. The quantitative estimate of drug-likeness (QED) is 0.882. The Labute approximate surface area is 126 Å². The van der Waals surface area contributed by atoms with Gasteiger partial charge in [-0.2, -0.15) is 0 Å². The fraction of sp³-hybridized carbons (Fsp3) is 0.533. The van der Waals surface area contributed by atoms with Crippen LogP contribution in [0.1, 0.15) is 37.8 Å². The SMILES string of the molecule is CC(NC1CCCCNC1=O)c1ccc(S(C)(=O)=O)cc1. The molecular weight excluding hydrogens is 288 g/mol. The van der Waals surface area contributed by atoms with Gasteiger partial charge in [-0.1, -0.05) is 12.1 Å². The molecule has 0 aliphatic carbocycles. The molecule has 116 valence electrons. The molecule has 0 saturated carbocycles. The number of hydrogen-bond acceptors (Lipinski definition) is 4. The van der Waals surface area contributed by atoms with Crippen LogP contribution in [-0.2, 0) is 14.6 Å². The van der Waals surface area contributed by atoms with Gasteiger partial charge in [-0.05, 0) is 43.9 Å². The summed E-state index contributed by atoms with van der Waals surface area (Å²) in [6.45, 7) is 2.72. The van der Waals surface area contributed by atoms with Crippen LogP contribution in [0.5, 0.6) is 0 Å². The topological polar surface area (TPSA) is 75.3 Å². The average molecular weight is 310 g/mol. The van der Waals surface area contributed by atoms with Gasteiger partial charge in [0.15, 0.2) is 9.84 Å². The maximum absolute atomic E-state index is 11.9. The van der Waals surface area contributed by atoms with Crippen molar-refractivity contribution in [2.75, 3.05) is 12.8 Å². The molecule has 2 N–H and O–H groups in total. The fourth-order valence-corrected chi connectivity index (χ4v) is 3.13. The maximum Gasteiger partial charge on any atom is 0.237 e. The smallest absolute Gasteiger partial charge is 0.237 e. The third-order valence-corrected chi connectivity index (χ3v) is 4.92. The number of nitrogens with one attached hydrogen (secondary N) is 2. The Kier molecular flexibility index (Phi) is 5.00. The summed E-state index contributed by atoms with van der Waals surface area (Å²) >= 11 is 0. The highest BCUT2D eigenvalue weighted by Gasteiger charge is 2.22. The van der Waals surface area contributed by atoms with Gasteiger partial charge in [0, 0.05) is 18.8 Å². The van der Waals surface area contributed by atoms with Gasteiger partial charge in [-0.15, -0.1) is 0 Å². The first kappa shape index (κ1) is 16.0. The van der Waals surface area contributed by atoms with Gasteiger partial charge in [0.1, 0.15) is 0 Å². The predicted octanol–water partition coefficient (Wildman–Crippen LogP) is 1.41. The van der Waals surface area contributed by atoms with Gasteiger partial charge < -0.3 is 5.32 Å². The van der Waals surface area contributed by atoms with E-state index in [2.05, 4.69) is 10.6 Å². The number of carbonyl (C=O) groups is 1. The highest BCUT2D eigenvalue weighted by molar-refractivity contribution is 7.90. The van der Waals surface area contributed by atoms with E-state index in [1.165, 1.54) is 6.26 Å². The van der Waals surface area contributed by atoms with Gasteiger partial charge in [0.2, 0.25) is 5.91 Å². The van der Waals surface area contributed by atoms with Crippen LogP contribution >= 0.6 is 0 Å². The van der Waals surface area contributed by atoms with E-state index < -0.39 is 9.84 Å². The van der Waals surface area contributed by atoms with Crippen LogP contribution in [-0.4, -0.2) is 33.2 Å². The third-order valence-electron chi connectivity index (χ3n) is 3.79. The van der Waals surface area contributed by atoms with E-state index in [1.807, 2.05) is 6.92 Å². The Morgan fingerprint density at radius 2 is 1.90 bits per heavy atom. The molecule has 2 unspecified atom stereocenters. The van der Waals surface area contributed by atoms with Gasteiger partial charge in [-0.25, -0.2) is 8.42 Å². The molecule has 0 radical (unpaired) electrons. The Morgan fingerprint density at radius 1 is 1.24 bits per heavy atom. The molecule has 6 heteroatoms. The molecule has 0 aromatic heterocycles. The van der Waals surface area contributed by atoms with E-state index in [-0.39, 0.29) is 18.0 Å². The minimum absolute atomic E-state index is 0.00698. The van der Waals surface area contributed by atoms with Crippen LogP contribution < -0.4 is 10.6 Å². The Hall–Kier alpha value is -1.40. The molecule has 1 amide bonds. The van der Waals surface area contributed by atoms with Crippen LogP contribution in [0.15, 0.2) is 29.2 Å². The van der Waals surface area contributed by atoms with Gasteiger partial charge in [0.25, 0.3) is 0 Å². The molecule has 1 fully saturated rings. The Bertz CT molecular complexity index is 596.